The number of carbonyl (C=O) groups excluding carboxylic acids is 2. The summed E-state index contributed by atoms with van der Waals surface area (Å²) in [6.45, 7) is 6.55. The smallest absolute Gasteiger partial charge is 0.311 e. The highest BCUT2D eigenvalue weighted by atomic mass is 79.9. The van der Waals surface area contributed by atoms with Crippen LogP contribution in [0.2, 0.25) is 0 Å². The largest absolute Gasteiger partial charge is 0.469 e. The van der Waals surface area contributed by atoms with E-state index in [0.717, 1.165) is 9.48 Å². The zero-order valence-corrected chi connectivity index (χ0v) is 14.3. The highest BCUT2D eigenvalue weighted by Crippen LogP contribution is 2.39. The van der Waals surface area contributed by atoms with Crippen molar-refractivity contribution in [2.24, 2.45) is 5.92 Å². The molecule has 5 nitrogen and oxygen atoms in total. The van der Waals surface area contributed by atoms with E-state index in [0.29, 0.717) is 11.7 Å². The van der Waals surface area contributed by atoms with Gasteiger partial charge in [-0.1, -0.05) is 32.1 Å². The van der Waals surface area contributed by atoms with Gasteiger partial charge in [0.1, 0.15) is 0 Å². The molecule has 0 N–H and O–H groups in total. The maximum atomic E-state index is 12.0. The molecule has 1 aliphatic rings. The highest BCUT2D eigenvalue weighted by molar-refractivity contribution is 9.11. The topological polar surface area (TPSA) is 59.5 Å². The fraction of sp³-hybridized carbons (Fsp3) is 0.615. The summed E-state index contributed by atoms with van der Waals surface area (Å²) in [5.41, 5.74) is 0.824. The van der Waals surface area contributed by atoms with Crippen molar-refractivity contribution in [3.05, 3.63) is 9.48 Å². The summed E-state index contributed by atoms with van der Waals surface area (Å²) >= 11 is 4.93. The van der Waals surface area contributed by atoms with Crippen molar-refractivity contribution < 1.29 is 14.3 Å². The molecule has 1 aromatic heterocycles. The third-order valence-corrected chi connectivity index (χ3v) is 4.90. The number of rotatable bonds is 2. The number of halogens is 1. The minimum absolute atomic E-state index is 0.0814. The number of thiazole rings is 1. The fourth-order valence-corrected chi connectivity index (χ4v) is 4.24. The van der Waals surface area contributed by atoms with Crippen LogP contribution in [-0.4, -0.2) is 30.5 Å². The second-order valence-electron chi connectivity index (χ2n) is 5.80. The Labute approximate surface area is 130 Å². The molecule has 1 saturated heterocycles. The number of esters is 1. The Morgan fingerprint density at radius 3 is 2.65 bits per heavy atom. The van der Waals surface area contributed by atoms with Crippen molar-refractivity contribution in [3.8, 4) is 0 Å². The minimum atomic E-state index is -0.395. The Bertz CT molecular complexity index is 550. The van der Waals surface area contributed by atoms with Crippen LogP contribution in [0.4, 0.5) is 5.13 Å². The number of hydrogen-bond donors (Lipinski definition) is 0. The monoisotopic (exact) mass is 360 g/mol. The molecule has 0 aliphatic carbocycles. The molecule has 0 saturated carbocycles. The zero-order chi connectivity index (χ0) is 15.1. The molecule has 0 bridgehead atoms. The van der Waals surface area contributed by atoms with Gasteiger partial charge in [-0.05, 0) is 15.9 Å². The average molecular weight is 361 g/mol. The lowest BCUT2D eigenvalue weighted by Crippen LogP contribution is -2.26. The molecule has 0 radical (unpaired) electrons. The number of amides is 1. The normalized spacial score (nSPS) is 19.6. The molecule has 20 heavy (non-hydrogen) atoms. The van der Waals surface area contributed by atoms with Gasteiger partial charge in [0.25, 0.3) is 0 Å². The predicted octanol–water partition coefficient (Wildman–Crippen LogP) is 2.73. The van der Waals surface area contributed by atoms with Crippen molar-refractivity contribution in [1.29, 1.82) is 0 Å². The molecule has 2 heterocycles. The zero-order valence-electron chi connectivity index (χ0n) is 11.9. The van der Waals surface area contributed by atoms with Crippen LogP contribution < -0.4 is 4.90 Å². The van der Waals surface area contributed by atoms with Crippen LogP contribution in [0.15, 0.2) is 3.79 Å². The predicted molar refractivity (Wildman–Crippen MR) is 81.0 cm³/mol. The Morgan fingerprint density at radius 1 is 1.50 bits per heavy atom. The van der Waals surface area contributed by atoms with Gasteiger partial charge >= 0.3 is 5.97 Å². The van der Waals surface area contributed by atoms with E-state index in [4.69, 9.17) is 4.74 Å². The first-order valence-electron chi connectivity index (χ1n) is 6.29. The third kappa shape index (κ3) is 2.88. The van der Waals surface area contributed by atoms with Crippen LogP contribution in [-0.2, 0) is 19.7 Å². The van der Waals surface area contributed by atoms with E-state index >= 15 is 0 Å². The lowest BCUT2D eigenvalue weighted by molar-refractivity contribution is -0.145. The molecule has 0 aromatic carbocycles. The molecule has 1 amide bonds. The van der Waals surface area contributed by atoms with E-state index in [-0.39, 0.29) is 23.7 Å². The van der Waals surface area contributed by atoms with Crippen LogP contribution >= 0.6 is 27.3 Å². The van der Waals surface area contributed by atoms with E-state index in [1.807, 2.05) is 0 Å². The van der Waals surface area contributed by atoms with Crippen molar-refractivity contribution >= 4 is 44.3 Å². The Balaban J connectivity index is 2.25. The maximum absolute atomic E-state index is 12.0. The molecule has 1 aromatic rings. The minimum Gasteiger partial charge on any atom is -0.469 e. The van der Waals surface area contributed by atoms with Crippen LogP contribution in [0.3, 0.4) is 0 Å². The van der Waals surface area contributed by atoms with Crippen molar-refractivity contribution in [1.82, 2.24) is 4.98 Å². The summed E-state index contributed by atoms with van der Waals surface area (Å²) in [7, 11) is 1.34. The number of anilines is 1. The SMILES string of the molecule is COC(=O)C1CC(=O)N(c2nc(C(C)(C)C)c(Br)s2)C1. The first-order valence-corrected chi connectivity index (χ1v) is 7.90. The average Bonchev–Trinajstić information content (AvgIpc) is 2.90. The quantitative estimate of drug-likeness (QED) is 0.760. The van der Waals surface area contributed by atoms with E-state index in [2.05, 4.69) is 41.7 Å². The third-order valence-electron chi connectivity index (χ3n) is 3.18. The van der Waals surface area contributed by atoms with Crippen molar-refractivity contribution in [2.75, 3.05) is 18.6 Å². The van der Waals surface area contributed by atoms with Crippen molar-refractivity contribution in [2.45, 2.75) is 32.6 Å². The van der Waals surface area contributed by atoms with Crippen LogP contribution in [0.25, 0.3) is 0 Å². The second-order valence-corrected chi connectivity index (χ2v) is 8.09. The molecule has 0 spiro atoms. The molecule has 1 fully saturated rings. The Kier molecular flexibility index (Phi) is 4.20. The van der Waals surface area contributed by atoms with Gasteiger partial charge in [0, 0.05) is 18.4 Å². The number of aromatic nitrogens is 1. The Hall–Kier alpha value is -0.950. The van der Waals surface area contributed by atoms with E-state index in [1.54, 1.807) is 4.90 Å². The first-order chi connectivity index (χ1) is 9.24. The summed E-state index contributed by atoms with van der Waals surface area (Å²) in [6.07, 6.45) is 0.189. The molecular weight excluding hydrogens is 344 g/mol. The van der Waals surface area contributed by atoms with Crippen LogP contribution in [0.1, 0.15) is 32.9 Å². The van der Waals surface area contributed by atoms with Gasteiger partial charge in [-0.3, -0.25) is 14.5 Å². The van der Waals surface area contributed by atoms with E-state index in [9.17, 15) is 9.59 Å². The van der Waals surface area contributed by atoms with Gasteiger partial charge in [-0.25, -0.2) is 4.98 Å². The molecule has 1 aliphatic heterocycles. The number of hydrogen-bond acceptors (Lipinski definition) is 5. The van der Waals surface area contributed by atoms with Gasteiger partial charge in [-0.15, -0.1) is 0 Å². The number of carbonyl (C=O) groups is 2. The van der Waals surface area contributed by atoms with Crippen LogP contribution in [0.5, 0.6) is 0 Å². The summed E-state index contributed by atoms with van der Waals surface area (Å²) in [5, 5.41) is 0.637. The van der Waals surface area contributed by atoms with E-state index in [1.165, 1.54) is 18.4 Å². The van der Waals surface area contributed by atoms with Gasteiger partial charge < -0.3 is 4.74 Å². The lowest BCUT2D eigenvalue weighted by atomic mass is 9.93. The second kappa shape index (κ2) is 5.44. The molecule has 1 atom stereocenters. The number of nitrogens with zero attached hydrogens (tertiary/aromatic N) is 2. The van der Waals surface area contributed by atoms with Gasteiger partial charge in [0.2, 0.25) is 5.91 Å². The molecule has 2 rings (SSSR count). The number of methoxy groups -OCH3 is 1. The molecule has 110 valence electrons. The van der Waals surface area contributed by atoms with Gasteiger partial charge in [0.15, 0.2) is 5.13 Å². The van der Waals surface area contributed by atoms with Crippen LogP contribution in [0, 0.1) is 5.92 Å². The van der Waals surface area contributed by atoms with Gasteiger partial charge in [0.05, 0.1) is 22.5 Å². The van der Waals surface area contributed by atoms with Crippen molar-refractivity contribution in [3.63, 3.8) is 0 Å². The lowest BCUT2D eigenvalue weighted by Gasteiger charge is -2.16. The molecular formula is C13H17BrN2O3S. The van der Waals surface area contributed by atoms with E-state index < -0.39 is 5.92 Å². The summed E-state index contributed by atoms with van der Waals surface area (Å²) in [5.74, 6) is -0.817. The van der Waals surface area contributed by atoms with Gasteiger partial charge in [-0.2, -0.15) is 0 Å². The summed E-state index contributed by atoms with van der Waals surface area (Å²) < 4.78 is 5.63. The number of ether oxygens (including phenoxy) is 1. The summed E-state index contributed by atoms with van der Waals surface area (Å²) in [4.78, 5) is 29.7. The fourth-order valence-electron chi connectivity index (χ4n) is 2.09. The standard InChI is InChI=1S/C13H17BrN2O3S/c1-13(2,3)9-10(14)20-12(15-9)16-6-7(5-8(16)17)11(18)19-4/h7H,5-6H2,1-4H3. The maximum Gasteiger partial charge on any atom is 0.311 e. The molecule has 7 heteroatoms. The highest BCUT2D eigenvalue weighted by Gasteiger charge is 2.38. The molecule has 1 unspecified atom stereocenters. The summed E-state index contributed by atoms with van der Waals surface area (Å²) in [6, 6.07) is 0. The Morgan fingerprint density at radius 2 is 2.15 bits per heavy atom. The first kappa shape index (κ1) is 15.4.